The number of nitrogens with zero attached hydrogens (tertiary/aromatic N) is 1. The third kappa shape index (κ3) is 6.25. The van der Waals surface area contributed by atoms with E-state index in [1.807, 2.05) is 30.3 Å². The van der Waals surface area contributed by atoms with Crippen molar-refractivity contribution in [1.82, 2.24) is 0 Å². The van der Waals surface area contributed by atoms with Crippen LogP contribution in [0.1, 0.15) is 5.56 Å². The topological polar surface area (TPSA) is 113 Å². The van der Waals surface area contributed by atoms with Crippen LogP contribution in [0.5, 0.6) is 0 Å². The number of halogens is 1. The lowest BCUT2D eigenvalue weighted by atomic mass is 10.1. The molecule has 0 fully saturated rings. The maximum Gasteiger partial charge on any atom is 0.264 e. The maximum atomic E-state index is 13.5. The van der Waals surface area contributed by atoms with Crippen molar-refractivity contribution in [3.8, 4) is 0 Å². The molecule has 1 amide bonds. The lowest BCUT2D eigenvalue weighted by molar-refractivity contribution is -0.114. The zero-order valence-corrected chi connectivity index (χ0v) is 24.7. The fourth-order valence-corrected chi connectivity index (χ4v) is 7.03. The summed E-state index contributed by atoms with van der Waals surface area (Å²) in [6.45, 7) is 1.25. The van der Waals surface area contributed by atoms with E-state index >= 15 is 0 Å². The highest BCUT2D eigenvalue weighted by molar-refractivity contribution is 7.93. The fraction of sp³-hybridized carbons (Fsp3) is 0.0645. The molecule has 8 nitrogen and oxygen atoms in total. The van der Waals surface area contributed by atoms with Crippen molar-refractivity contribution in [3.63, 3.8) is 0 Å². The van der Waals surface area contributed by atoms with E-state index in [2.05, 4.69) is 10.0 Å². The number of benzene rings is 5. The fourth-order valence-electron chi connectivity index (χ4n) is 4.34. The van der Waals surface area contributed by atoms with Gasteiger partial charge < -0.3 is 5.32 Å². The van der Waals surface area contributed by atoms with Crippen molar-refractivity contribution in [2.45, 2.75) is 16.7 Å². The minimum Gasteiger partial charge on any atom is -0.325 e. The molecule has 0 radical (unpaired) electrons. The summed E-state index contributed by atoms with van der Waals surface area (Å²) in [6, 6.07) is 30.9. The van der Waals surface area contributed by atoms with E-state index in [1.165, 1.54) is 42.5 Å². The number of fused-ring (bicyclic) bond motifs is 1. The predicted octanol–water partition coefficient (Wildman–Crippen LogP) is 6.44. The summed E-state index contributed by atoms with van der Waals surface area (Å²) < 4.78 is 56.9. The van der Waals surface area contributed by atoms with Gasteiger partial charge >= 0.3 is 0 Å². The van der Waals surface area contributed by atoms with Gasteiger partial charge in [-0.15, -0.1) is 0 Å². The molecule has 0 bridgehead atoms. The average molecular weight is 620 g/mol. The number of sulfonamides is 2. The van der Waals surface area contributed by atoms with Gasteiger partial charge in [-0.25, -0.2) is 16.8 Å². The molecule has 5 aromatic rings. The minimum absolute atomic E-state index is 0.00369. The first-order chi connectivity index (χ1) is 20.0. The molecule has 5 aromatic carbocycles. The standard InChI is InChI=1S/C31H26ClN3O5S2/c1-22-14-17-25(20-29(22)32)35(42(39,40)27-10-3-2-4-11-27)21-31(36)33-24-15-18-26(19-16-24)41(37,38)34-30-13-7-9-23-8-5-6-12-28(23)30/h2-20,34H,21H2,1H3,(H,33,36). The Labute approximate surface area is 249 Å². The molecule has 0 aliphatic rings. The minimum atomic E-state index is -4.12. The number of hydrogen-bond acceptors (Lipinski definition) is 5. The molecule has 42 heavy (non-hydrogen) atoms. The van der Waals surface area contributed by atoms with Gasteiger partial charge in [0.2, 0.25) is 5.91 Å². The molecule has 0 atom stereocenters. The second-order valence-corrected chi connectivity index (χ2v) is 13.4. The molecule has 0 aromatic heterocycles. The number of hydrogen-bond donors (Lipinski definition) is 2. The molecular formula is C31H26ClN3O5S2. The summed E-state index contributed by atoms with van der Waals surface area (Å²) >= 11 is 6.28. The molecule has 0 unspecified atom stereocenters. The summed E-state index contributed by atoms with van der Waals surface area (Å²) in [4.78, 5) is 13.1. The van der Waals surface area contributed by atoms with Crippen molar-refractivity contribution in [1.29, 1.82) is 0 Å². The molecular weight excluding hydrogens is 594 g/mol. The van der Waals surface area contributed by atoms with Crippen LogP contribution in [0.3, 0.4) is 0 Å². The SMILES string of the molecule is Cc1ccc(N(CC(=O)Nc2ccc(S(=O)(=O)Nc3cccc4ccccc34)cc2)S(=O)(=O)c2ccccc2)cc1Cl. The molecule has 0 aliphatic heterocycles. The van der Waals surface area contributed by atoms with Gasteiger partial charge in [-0.3, -0.25) is 13.8 Å². The highest BCUT2D eigenvalue weighted by Crippen LogP contribution is 2.29. The summed E-state index contributed by atoms with van der Waals surface area (Å²) in [6.07, 6.45) is 0. The Kier molecular flexibility index (Phi) is 8.22. The van der Waals surface area contributed by atoms with Crippen LogP contribution in [0.4, 0.5) is 17.1 Å². The smallest absolute Gasteiger partial charge is 0.264 e. The molecule has 11 heteroatoms. The van der Waals surface area contributed by atoms with Crippen molar-refractivity contribution in [2.24, 2.45) is 0 Å². The number of rotatable bonds is 9. The summed E-state index contributed by atoms with van der Waals surface area (Å²) in [5, 5.41) is 4.66. The molecule has 0 saturated carbocycles. The van der Waals surface area contributed by atoms with Gasteiger partial charge in [0, 0.05) is 16.1 Å². The Morgan fingerprint density at radius 2 is 1.43 bits per heavy atom. The van der Waals surface area contributed by atoms with Crippen LogP contribution in [-0.4, -0.2) is 29.3 Å². The molecule has 214 valence electrons. The Hall–Kier alpha value is -4.38. The van der Waals surface area contributed by atoms with Crippen LogP contribution in [0.25, 0.3) is 10.8 Å². The van der Waals surface area contributed by atoms with E-state index in [0.29, 0.717) is 16.4 Å². The number of nitrogens with one attached hydrogen (secondary N) is 2. The second-order valence-electron chi connectivity index (χ2n) is 9.46. The number of carbonyl (C=O) groups excluding carboxylic acids is 1. The lowest BCUT2D eigenvalue weighted by Crippen LogP contribution is -2.38. The van der Waals surface area contributed by atoms with Crippen molar-refractivity contribution in [3.05, 3.63) is 126 Å². The number of carbonyl (C=O) groups is 1. The zero-order valence-electron chi connectivity index (χ0n) is 22.4. The van der Waals surface area contributed by atoms with Gasteiger partial charge in [0.25, 0.3) is 20.0 Å². The summed E-state index contributed by atoms with van der Waals surface area (Å²) in [7, 11) is -8.04. The zero-order chi connectivity index (χ0) is 29.9. The van der Waals surface area contributed by atoms with Gasteiger partial charge in [0.05, 0.1) is 21.2 Å². The summed E-state index contributed by atoms with van der Waals surface area (Å²) in [5.41, 5.74) is 1.72. The van der Waals surface area contributed by atoms with E-state index in [1.54, 1.807) is 49.4 Å². The van der Waals surface area contributed by atoms with Crippen LogP contribution in [0.15, 0.2) is 125 Å². The van der Waals surface area contributed by atoms with Crippen molar-refractivity contribution >= 4 is 65.4 Å². The highest BCUT2D eigenvalue weighted by atomic mass is 35.5. The second kappa shape index (κ2) is 11.8. The number of amides is 1. The molecule has 2 N–H and O–H groups in total. The van der Waals surface area contributed by atoms with Gasteiger partial charge in [-0.1, -0.05) is 72.3 Å². The monoisotopic (exact) mass is 619 g/mol. The summed E-state index contributed by atoms with van der Waals surface area (Å²) in [5.74, 6) is -0.629. The van der Waals surface area contributed by atoms with Crippen molar-refractivity contribution in [2.75, 3.05) is 20.9 Å². The molecule has 0 spiro atoms. The van der Waals surface area contributed by atoms with Crippen LogP contribution < -0.4 is 14.3 Å². The molecule has 0 saturated heterocycles. The molecule has 0 aliphatic carbocycles. The lowest BCUT2D eigenvalue weighted by Gasteiger charge is -2.24. The predicted molar refractivity (Wildman–Crippen MR) is 167 cm³/mol. The van der Waals surface area contributed by atoms with Crippen LogP contribution in [0, 0.1) is 6.92 Å². The van der Waals surface area contributed by atoms with Gasteiger partial charge in [0.15, 0.2) is 0 Å². The van der Waals surface area contributed by atoms with Crippen LogP contribution in [0.2, 0.25) is 5.02 Å². The van der Waals surface area contributed by atoms with Gasteiger partial charge in [-0.05, 0) is 72.5 Å². The third-order valence-corrected chi connectivity index (χ3v) is 10.1. The Morgan fingerprint density at radius 1 is 0.762 bits per heavy atom. The van der Waals surface area contributed by atoms with E-state index in [-0.39, 0.29) is 15.5 Å². The van der Waals surface area contributed by atoms with E-state index in [0.717, 1.165) is 20.6 Å². The van der Waals surface area contributed by atoms with Crippen molar-refractivity contribution < 1.29 is 21.6 Å². The Balaban J connectivity index is 1.35. The Morgan fingerprint density at radius 3 is 2.14 bits per heavy atom. The first-order valence-corrected chi connectivity index (χ1v) is 16.1. The first-order valence-electron chi connectivity index (χ1n) is 12.8. The average Bonchev–Trinajstić information content (AvgIpc) is 2.98. The Bertz CT molecular complexity index is 1980. The number of aryl methyl sites for hydroxylation is 1. The largest absolute Gasteiger partial charge is 0.325 e. The van der Waals surface area contributed by atoms with E-state index in [4.69, 9.17) is 11.6 Å². The molecule has 0 heterocycles. The van der Waals surface area contributed by atoms with Gasteiger partial charge in [0.1, 0.15) is 6.54 Å². The van der Waals surface area contributed by atoms with Gasteiger partial charge in [-0.2, -0.15) is 0 Å². The normalized spacial score (nSPS) is 11.7. The van der Waals surface area contributed by atoms with E-state index < -0.39 is 32.5 Å². The van der Waals surface area contributed by atoms with E-state index in [9.17, 15) is 21.6 Å². The number of anilines is 3. The third-order valence-electron chi connectivity index (χ3n) is 6.54. The molecule has 5 rings (SSSR count). The quantitative estimate of drug-likeness (QED) is 0.197. The van der Waals surface area contributed by atoms with Crippen LogP contribution >= 0.6 is 11.6 Å². The first kappa shape index (κ1) is 29.1. The van der Waals surface area contributed by atoms with Crippen LogP contribution in [-0.2, 0) is 24.8 Å². The maximum absolute atomic E-state index is 13.5. The highest BCUT2D eigenvalue weighted by Gasteiger charge is 2.27.